The normalized spacial score (nSPS) is 19.8. The van der Waals surface area contributed by atoms with E-state index >= 15 is 0 Å². The van der Waals surface area contributed by atoms with Crippen LogP contribution in [-0.2, 0) is 4.79 Å². The van der Waals surface area contributed by atoms with E-state index in [9.17, 15) is 9.59 Å². The molecule has 5 nitrogen and oxygen atoms in total. The third kappa shape index (κ3) is 2.03. The van der Waals surface area contributed by atoms with Crippen molar-refractivity contribution in [2.24, 2.45) is 5.92 Å². The van der Waals surface area contributed by atoms with Crippen molar-refractivity contribution < 1.29 is 14.7 Å². The molecule has 2 rings (SSSR count). The Morgan fingerprint density at radius 1 is 1.50 bits per heavy atom. The van der Waals surface area contributed by atoms with Gasteiger partial charge in [0.15, 0.2) is 0 Å². The van der Waals surface area contributed by atoms with Crippen molar-refractivity contribution in [1.82, 2.24) is 9.88 Å². The zero-order valence-electron chi connectivity index (χ0n) is 8.67. The molecule has 0 radical (unpaired) electrons. The molecule has 1 N–H and O–H groups in total. The van der Waals surface area contributed by atoms with Gasteiger partial charge in [-0.3, -0.25) is 14.6 Å². The monoisotopic (exact) mass is 220 g/mol. The second kappa shape index (κ2) is 4.30. The average molecular weight is 220 g/mol. The van der Waals surface area contributed by atoms with Crippen LogP contribution < -0.4 is 0 Å². The van der Waals surface area contributed by atoms with Crippen LogP contribution in [0.1, 0.15) is 16.8 Å². The number of nitrogens with zero attached hydrogens (tertiary/aromatic N) is 2. The smallest absolute Gasteiger partial charge is 0.308 e. The van der Waals surface area contributed by atoms with E-state index in [1.54, 1.807) is 23.2 Å². The fourth-order valence-electron chi connectivity index (χ4n) is 1.82. The number of rotatable bonds is 2. The van der Waals surface area contributed by atoms with Crippen molar-refractivity contribution in [3.8, 4) is 0 Å². The van der Waals surface area contributed by atoms with Gasteiger partial charge in [0, 0.05) is 25.5 Å². The van der Waals surface area contributed by atoms with E-state index in [1.165, 1.54) is 6.20 Å². The zero-order chi connectivity index (χ0) is 11.5. The number of aliphatic carboxylic acids is 1. The molecule has 1 aromatic rings. The Balaban J connectivity index is 2.05. The first-order valence-electron chi connectivity index (χ1n) is 5.10. The van der Waals surface area contributed by atoms with E-state index in [0.29, 0.717) is 25.1 Å². The Kier molecular flexibility index (Phi) is 2.85. The number of hydrogen-bond donors (Lipinski definition) is 1. The number of carbonyl (C=O) groups is 2. The first-order chi connectivity index (χ1) is 7.68. The Labute approximate surface area is 92.7 Å². The van der Waals surface area contributed by atoms with Gasteiger partial charge in [0.1, 0.15) is 0 Å². The van der Waals surface area contributed by atoms with E-state index in [4.69, 9.17) is 5.11 Å². The predicted octanol–water partition coefficient (Wildman–Crippen LogP) is 0.628. The fraction of sp³-hybridized carbons (Fsp3) is 0.364. The highest BCUT2D eigenvalue weighted by molar-refractivity contribution is 5.94. The van der Waals surface area contributed by atoms with Crippen molar-refractivity contribution in [3.63, 3.8) is 0 Å². The molecular weight excluding hydrogens is 208 g/mol. The van der Waals surface area contributed by atoms with Crippen LogP contribution in [-0.4, -0.2) is 40.0 Å². The number of amides is 1. The van der Waals surface area contributed by atoms with E-state index in [0.717, 1.165) is 0 Å². The molecule has 84 valence electrons. The molecule has 0 unspecified atom stereocenters. The number of hydrogen-bond acceptors (Lipinski definition) is 3. The predicted molar refractivity (Wildman–Crippen MR) is 55.9 cm³/mol. The molecule has 1 fully saturated rings. The molecular formula is C11H12N2O3. The topological polar surface area (TPSA) is 70.5 Å². The van der Waals surface area contributed by atoms with E-state index in [1.807, 2.05) is 0 Å². The molecule has 0 bridgehead atoms. The molecule has 1 aliphatic heterocycles. The van der Waals surface area contributed by atoms with Crippen molar-refractivity contribution in [2.75, 3.05) is 13.1 Å². The minimum absolute atomic E-state index is 0.142. The summed E-state index contributed by atoms with van der Waals surface area (Å²) >= 11 is 0. The lowest BCUT2D eigenvalue weighted by molar-refractivity contribution is -0.141. The molecule has 0 saturated carbocycles. The maximum Gasteiger partial charge on any atom is 0.308 e. The molecule has 0 aliphatic carbocycles. The lowest BCUT2D eigenvalue weighted by atomic mass is 10.1. The second-order valence-electron chi connectivity index (χ2n) is 3.82. The molecule has 1 aliphatic rings. The molecule has 1 aromatic heterocycles. The van der Waals surface area contributed by atoms with Gasteiger partial charge < -0.3 is 10.0 Å². The van der Waals surface area contributed by atoms with Crippen LogP contribution in [0.3, 0.4) is 0 Å². The van der Waals surface area contributed by atoms with Gasteiger partial charge in [0.05, 0.1) is 11.5 Å². The SMILES string of the molecule is O=C(O)[C@@H]1CCN(C(=O)c2cccnc2)C1. The molecule has 5 heteroatoms. The van der Waals surface area contributed by atoms with Gasteiger partial charge in [-0.05, 0) is 18.6 Å². The third-order valence-corrected chi connectivity index (χ3v) is 2.73. The molecule has 1 saturated heterocycles. The van der Waals surface area contributed by atoms with Gasteiger partial charge in [0.2, 0.25) is 0 Å². The molecule has 1 atom stereocenters. The number of carboxylic acids is 1. The summed E-state index contributed by atoms with van der Waals surface area (Å²) in [7, 11) is 0. The van der Waals surface area contributed by atoms with E-state index in [2.05, 4.69) is 4.98 Å². The van der Waals surface area contributed by atoms with Gasteiger partial charge in [0.25, 0.3) is 5.91 Å². The Bertz CT molecular complexity index is 405. The fourth-order valence-corrected chi connectivity index (χ4v) is 1.82. The maximum absolute atomic E-state index is 11.9. The van der Waals surface area contributed by atoms with Gasteiger partial charge in [-0.1, -0.05) is 0 Å². The van der Waals surface area contributed by atoms with Crippen molar-refractivity contribution >= 4 is 11.9 Å². The summed E-state index contributed by atoms with van der Waals surface area (Å²) in [5.74, 6) is -1.40. The summed E-state index contributed by atoms with van der Waals surface area (Å²) in [5, 5.41) is 8.83. The number of carboxylic acid groups (broad SMARTS) is 1. The summed E-state index contributed by atoms with van der Waals surface area (Å²) in [4.78, 5) is 28.1. The van der Waals surface area contributed by atoms with Crippen LogP contribution in [0.5, 0.6) is 0 Å². The van der Waals surface area contributed by atoms with Crippen LogP contribution in [0, 0.1) is 5.92 Å². The first kappa shape index (κ1) is 10.6. The molecule has 16 heavy (non-hydrogen) atoms. The van der Waals surface area contributed by atoms with Crippen molar-refractivity contribution in [2.45, 2.75) is 6.42 Å². The number of pyridine rings is 1. The molecule has 1 amide bonds. The van der Waals surface area contributed by atoms with E-state index < -0.39 is 11.9 Å². The van der Waals surface area contributed by atoms with Crippen molar-refractivity contribution in [3.05, 3.63) is 30.1 Å². The van der Waals surface area contributed by atoms with Crippen LogP contribution in [0.4, 0.5) is 0 Å². The Hall–Kier alpha value is -1.91. The average Bonchev–Trinajstić information content (AvgIpc) is 2.78. The Morgan fingerprint density at radius 3 is 2.88 bits per heavy atom. The largest absolute Gasteiger partial charge is 0.481 e. The third-order valence-electron chi connectivity index (χ3n) is 2.73. The lowest BCUT2D eigenvalue weighted by Gasteiger charge is -2.15. The lowest BCUT2D eigenvalue weighted by Crippen LogP contribution is -2.29. The van der Waals surface area contributed by atoms with Crippen LogP contribution in [0.15, 0.2) is 24.5 Å². The van der Waals surface area contributed by atoms with Gasteiger partial charge in [-0.25, -0.2) is 0 Å². The zero-order valence-corrected chi connectivity index (χ0v) is 8.67. The summed E-state index contributed by atoms with van der Waals surface area (Å²) in [5.41, 5.74) is 0.508. The number of aromatic nitrogens is 1. The molecule has 0 spiro atoms. The standard InChI is InChI=1S/C11H12N2O3/c14-10(8-2-1-4-12-6-8)13-5-3-9(7-13)11(15)16/h1-2,4,6,9H,3,5,7H2,(H,15,16)/t9-/m1/s1. The van der Waals surface area contributed by atoms with Gasteiger partial charge in [-0.2, -0.15) is 0 Å². The summed E-state index contributed by atoms with van der Waals surface area (Å²) in [6.45, 7) is 0.799. The summed E-state index contributed by atoms with van der Waals surface area (Å²) < 4.78 is 0. The molecule has 0 aromatic carbocycles. The highest BCUT2D eigenvalue weighted by Gasteiger charge is 2.31. The van der Waals surface area contributed by atoms with Crippen LogP contribution >= 0.6 is 0 Å². The summed E-state index contributed by atoms with van der Waals surface area (Å²) in [6.07, 6.45) is 3.62. The number of carbonyl (C=O) groups excluding carboxylic acids is 1. The quantitative estimate of drug-likeness (QED) is 0.793. The number of likely N-dealkylation sites (tertiary alicyclic amines) is 1. The second-order valence-corrected chi connectivity index (χ2v) is 3.82. The Morgan fingerprint density at radius 2 is 2.31 bits per heavy atom. The van der Waals surface area contributed by atoms with Gasteiger partial charge >= 0.3 is 5.97 Å². The highest BCUT2D eigenvalue weighted by Crippen LogP contribution is 2.18. The maximum atomic E-state index is 11.9. The summed E-state index contributed by atoms with van der Waals surface area (Å²) in [6, 6.07) is 3.38. The van der Waals surface area contributed by atoms with Crippen LogP contribution in [0.2, 0.25) is 0 Å². The molecule has 2 heterocycles. The van der Waals surface area contributed by atoms with Gasteiger partial charge in [-0.15, -0.1) is 0 Å². The van der Waals surface area contributed by atoms with Crippen molar-refractivity contribution in [1.29, 1.82) is 0 Å². The highest BCUT2D eigenvalue weighted by atomic mass is 16.4. The minimum atomic E-state index is -0.832. The van der Waals surface area contributed by atoms with Crippen LogP contribution in [0.25, 0.3) is 0 Å². The minimum Gasteiger partial charge on any atom is -0.481 e. The first-order valence-corrected chi connectivity index (χ1v) is 5.10. The van der Waals surface area contributed by atoms with E-state index in [-0.39, 0.29) is 5.91 Å².